The van der Waals surface area contributed by atoms with E-state index in [0.717, 1.165) is 30.3 Å². The molecule has 3 nitrogen and oxygen atoms in total. The van der Waals surface area contributed by atoms with Crippen molar-refractivity contribution in [3.05, 3.63) is 189 Å². The number of rotatable bonds is 0. The van der Waals surface area contributed by atoms with Crippen molar-refractivity contribution in [1.82, 2.24) is 0 Å². The Hall–Kier alpha value is -5.43. The quantitative estimate of drug-likeness (QED) is 0.0436. The van der Waals surface area contributed by atoms with Gasteiger partial charge in [-0.1, -0.05) is 30.3 Å². The number of benzene rings is 5. The lowest BCUT2D eigenvalue weighted by Gasteiger charge is -1.89. The summed E-state index contributed by atoms with van der Waals surface area (Å²) in [5, 5.41) is 0. The van der Waals surface area contributed by atoms with Gasteiger partial charge in [0.25, 0.3) is 0 Å². The Balaban J connectivity index is 0.000000529. The normalized spacial score (nSPS) is 8.98. The van der Waals surface area contributed by atoms with Crippen LogP contribution in [0.1, 0.15) is 0 Å². The third kappa shape index (κ3) is 17.3. The van der Waals surface area contributed by atoms with Crippen LogP contribution in [0.4, 0.5) is 52.7 Å². The van der Waals surface area contributed by atoms with Crippen LogP contribution in [-0.2, 0) is 0 Å². The van der Waals surface area contributed by atoms with Crippen LogP contribution in [0, 0.1) is 106 Å². The van der Waals surface area contributed by atoms with E-state index in [4.69, 9.17) is 11.1 Å². The average Bonchev–Trinajstić information content (AvgIpc) is 3.01. The number of nitrogens with one attached hydrogen (secondary N) is 1. The topological polar surface area (TPSA) is 60.3 Å². The molecular weight excluding hydrogens is 630 g/mol. The Kier molecular flexibility index (Phi) is 19.5. The van der Waals surface area contributed by atoms with E-state index in [1.165, 1.54) is 0 Å². The van der Waals surface area contributed by atoms with Gasteiger partial charge in [0.2, 0.25) is 0 Å². The molecule has 1 N–H and O–H groups in total. The highest BCUT2D eigenvalue weighted by atomic mass is 19.2. The van der Waals surface area contributed by atoms with E-state index < -0.39 is 69.8 Å². The van der Waals surface area contributed by atoms with Gasteiger partial charge in [0.1, 0.15) is 11.6 Å². The minimum absolute atomic E-state index is 0.440. The first-order valence-corrected chi connectivity index (χ1v) is 11.2. The van der Waals surface area contributed by atoms with E-state index >= 15 is 0 Å². The van der Waals surface area contributed by atoms with Gasteiger partial charge in [-0.25, -0.2) is 52.7 Å². The molecule has 5 rings (SSSR count). The molecule has 0 aromatic heterocycles. The van der Waals surface area contributed by atoms with E-state index in [2.05, 4.69) is 12.1 Å². The Labute approximate surface area is 248 Å². The van der Waals surface area contributed by atoms with Crippen LogP contribution in [-0.4, -0.2) is 0 Å². The van der Waals surface area contributed by atoms with Gasteiger partial charge in [0.05, 0.1) is 0 Å². The fourth-order valence-corrected chi connectivity index (χ4v) is 2.05. The van der Waals surface area contributed by atoms with Crippen LogP contribution in [0.3, 0.4) is 0 Å². The monoisotopic (exact) mass is 644 g/mol. The van der Waals surface area contributed by atoms with Crippen molar-refractivity contribution >= 4 is 0 Å². The zero-order valence-electron chi connectivity index (χ0n) is 21.9. The molecule has 0 aliphatic heterocycles. The maximum atomic E-state index is 12.0. The highest BCUT2D eigenvalue weighted by Gasteiger charge is 2.06. The maximum Gasteiger partial charge on any atom is 0.195 e. The average molecular weight is 644 g/mol. The first-order valence-electron chi connectivity index (χ1n) is 11.2. The molecule has 0 bridgehead atoms. The Bertz CT molecular complexity index is 1450. The number of halogens is 12. The molecule has 0 aliphatic carbocycles. The molecule has 5 aromatic carbocycles. The molecule has 0 unspecified atom stereocenters. The SMILES string of the molecule is Fc1[c]cc(F)c(F)c1.Fc1[c]ccc(F)c1F.Fc1c[c]c(F)c(F)c1.Fc1c[c]cc(F)c1F.[N-]=[N+]=N.[c]1ccccc1. The molecule has 0 fully saturated rings. The lowest BCUT2D eigenvalue weighted by molar-refractivity contribution is 0.446. The largest absolute Gasteiger partial charge is 0.207 e. The lowest BCUT2D eigenvalue weighted by Crippen LogP contribution is -1.87. The van der Waals surface area contributed by atoms with Crippen molar-refractivity contribution in [3.63, 3.8) is 0 Å². The van der Waals surface area contributed by atoms with E-state index in [1.807, 2.05) is 42.5 Å². The summed E-state index contributed by atoms with van der Waals surface area (Å²) in [5.41, 5.74) is 12.2. The minimum Gasteiger partial charge on any atom is -0.207 e. The summed E-state index contributed by atoms with van der Waals surface area (Å²) in [6, 6.07) is 25.6. The van der Waals surface area contributed by atoms with E-state index in [-0.39, 0.29) is 0 Å². The smallest absolute Gasteiger partial charge is 0.195 e. The molecule has 0 aliphatic rings. The molecule has 5 radical (unpaired) electrons. The summed E-state index contributed by atoms with van der Waals surface area (Å²) in [6.07, 6.45) is 0. The fourth-order valence-electron chi connectivity index (χ4n) is 2.05. The molecule has 15 heteroatoms. The molecule has 233 valence electrons. The first-order chi connectivity index (χ1) is 21.2. The molecule has 0 spiro atoms. The Morgan fingerprint density at radius 1 is 0.511 bits per heavy atom. The standard InChI is InChI=1S/4C6H2F3.C6H5.HN3/c2*7-4-1-2-5(8)6(9)3-4;2*7-4-2-1-3-5(8)6(4)9;1-2-4-6-5-3-1;1-3-2/h2-3H;1,3H;2-3H;1-2H;1-5H;1H. The first kappa shape index (κ1) is 39.6. The predicted molar refractivity (Wildman–Crippen MR) is 135 cm³/mol. The lowest BCUT2D eigenvalue weighted by atomic mass is 10.3. The van der Waals surface area contributed by atoms with Crippen LogP contribution in [0.5, 0.6) is 0 Å². The van der Waals surface area contributed by atoms with Gasteiger partial charge in [-0.05, 0) is 59.0 Å². The molecule has 0 heterocycles. The van der Waals surface area contributed by atoms with Gasteiger partial charge in [-0.2, -0.15) is 0 Å². The van der Waals surface area contributed by atoms with Crippen molar-refractivity contribution < 1.29 is 52.7 Å². The maximum absolute atomic E-state index is 12.0. The number of hydrogen-bond donors (Lipinski definition) is 1. The summed E-state index contributed by atoms with van der Waals surface area (Å²) in [4.78, 5) is 1.75. The summed E-state index contributed by atoms with van der Waals surface area (Å²) >= 11 is 0. The van der Waals surface area contributed by atoms with Gasteiger partial charge < -0.3 is 0 Å². The van der Waals surface area contributed by atoms with Crippen molar-refractivity contribution in [3.8, 4) is 0 Å². The molecule has 0 atom stereocenters. The van der Waals surface area contributed by atoms with Crippen molar-refractivity contribution in [1.29, 1.82) is 5.53 Å². The van der Waals surface area contributed by atoms with Gasteiger partial charge in [-0.15, -0.1) is 5.53 Å². The Morgan fingerprint density at radius 3 is 1.44 bits per heavy atom. The minimum atomic E-state index is -1.47. The third-order valence-electron chi connectivity index (χ3n) is 3.92. The summed E-state index contributed by atoms with van der Waals surface area (Å²) < 4.78 is 143. The molecule has 0 saturated carbocycles. The van der Waals surface area contributed by atoms with Crippen molar-refractivity contribution in [2.24, 2.45) is 0 Å². The van der Waals surface area contributed by atoms with Gasteiger partial charge in [-0.3, -0.25) is 0 Å². The molecular formula is C30H14F12N3. The van der Waals surface area contributed by atoms with Gasteiger partial charge in [0, 0.05) is 30.3 Å². The van der Waals surface area contributed by atoms with E-state index in [1.54, 1.807) is 11.0 Å². The van der Waals surface area contributed by atoms with Gasteiger partial charge in [0.15, 0.2) is 58.2 Å². The summed E-state index contributed by atoms with van der Waals surface area (Å²) in [7, 11) is 0. The van der Waals surface area contributed by atoms with Crippen LogP contribution in [0.15, 0.2) is 78.9 Å². The fraction of sp³-hybridized carbons (Fsp3) is 0. The second kappa shape index (κ2) is 22.2. The second-order valence-electron chi connectivity index (χ2n) is 7.05. The summed E-state index contributed by atoms with van der Waals surface area (Å²) in [6.45, 7) is 0. The van der Waals surface area contributed by atoms with Crippen LogP contribution >= 0.6 is 0 Å². The van der Waals surface area contributed by atoms with E-state index in [0.29, 0.717) is 18.2 Å². The summed E-state index contributed by atoms with van der Waals surface area (Å²) in [5.74, 6) is -14.2. The third-order valence-corrected chi connectivity index (χ3v) is 3.92. The highest BCUT2D eigenvalue weighted by Crippen LogP contribution is 2.09. The molecule has 5 aromatic rings. The van der Waals surface area contributed by atoms with Gasteiger partial charge >= 0.3 is 0 Å². The van der Waals surface area contributed by atoms with Crippen molar-refractivity contribution in [2.75, 3.05) is 0 Å². The molecule has 0 saturated heterocycles. The van der Waals surface area contributed by atoms with Crippen molar-refractivity contribution in [2.45, 2.75) is 0 Å². The van der Waals surface area contributed by atoms with Crippen LogP contribution < -0.4 is 0 Å². The zero-order valence-corrected chi connectivity index (χ0v) is 21.9. The van der Waals surface area contributed by atoms with E-state index in [9.17, 15) is 52.7 Å². The predicted octanol–water partition coefficient (Wildman–Crippen LogP) is 9.98. The highest BCUT2D eigenvalue weighted by molar-refractivity contribution is 5.08. The number of hydrogen-bond acceptors (Lipinski definition) is 1. The number of nitrogens with zero attached hydrogens (tertiary/aromatic N) is 2. The Morgan fingerprint density at radius 2 is 1.09 bits per heavy atom. The molecule has 0 amide bonds. The molecule has 45 heavy (non-hydrogen) atoms. The van der Waals surface area contributed by atoms with Crippen LogP contribution in [0.2, 0.25) is 0 Å². The van der Waals surface area contributed by atoms with Crippen LogP contribution in [0.25, 0.3) is 10.4 Å². The second-order valence-corrected chi connectivity index (χ2v) is 7.05. The zero-order chi connectivity index (χ0) is 34.4.